The topological polar surface area (TPSA) is 4.93 Å². The van der Waals surface area contributed by atoms with Gasteiger partial charge in [0.15, 0.2) is 8.24 Å². The number of hydrogen-bond acceptors (Lipinski definition) is 0. The van der Waals surface area contributed by atoms with Crippen LogP contribution in [0.2, 0.25) is 18.1 Å². The number of unbranched alkanes of at least 4 members (excludes halogenated alkanes) is 1. The second-order valence-corrected chi connectivity index (χ2v) is 12.6. The van der Waals surface area contributed by atoms with Crippen LogP contribution in [0.1, 0.15) is 46.1 Å². The molecule has 20 heavy (non-hydrogen) atoms. The summed E-state index contributed by atoms with van der Waals surface area (Å²) in [5.74, 6) is 0. The van der Waals surface area contributed by atoms with Crippen LogP contribution < -0.4 is 0 Å². The summed E-state index contributed by atoms with van der Waals surface area (Å²) in [6, 6.07) is 8.94. The molecule has 0 aliphatic heterocycles. The average molecular weight is 288 g/mol. The fraction of sp³-hybridized carbons (Fsp3) is 0.556. The molecule has 0 aliphatic carbocycles. The molecule has 0 radical (unpaired) electrons. The normalized spacial score (nSPS) is 13.1. The van der Waals surface area contributed by atoms with E-state index < -0.39 is 8.24 Å². The van der Waals surface area contributed by atoms with E-state index in [-0.39, 0.29) is 0 Å². The first-order chi connectivity index (χ1) is 9.29. The molecule has 0 aliphatic rings. The van der Waals surface area contributed by atoms with E-state index in [0.717, 1.165) is 0 Å². The lowest BCUT2D eigenvalue weighted by atomic mass is 10.1. The maximum absolute atomic E-state index is 2.63. The molecule has 1 aromatic carbocycles. The van der Waals surface area contributed by atoms with Gasteiger partial charge in [-0.1, -0.05) is 65.4 Å². The number of fused-ring (bicyclic) bond motifs is 1. The highest BCUT2D eigenvalue weighted by Gasteiger charge is 2.38. The Bertz CT molecular complexity index is 587. The summed E-state index contributed by atoms with van der Waals surface area (Å²) in [5, 5.41) is 1.82. The number of nitrogens with zero attached hydrogens (tertiary/aromatic N) is 1. The van der Waals surface area contributed by atoms with Crippen molar-refractivity contribution >= 4 is 19.1 Å². The van der Waals surface area contributed by atoms with Crippen LogP contribution >= 0.6 is 0 Å². The maximum Gasteiger partial charge on any atom is 0.161 e. The van der Waals surface area contributed by atoms with Gasteiger partial charge in [0.05, 0.1) is 0 Å². The van der Waals surface area contributed by atoms with E-state index in [4.69, 9.17) is 0 Å². The zero-order valence-electron chi connectivity index (χ0n) is 14.0. The zero-order chi connectivity index (χ0) is 15.0. The molecule has 0 spiro atoms. The largest absolute Gasteiger partial charge is 0.374 e. The molecule has 1 nitrogen and oxygen atoms in total. The highest BCUT2D eigenvalue weighted by molar-refractivity contribution is 6.79. The predicted octanol–water partition coefficient (Wildman–Crippen LogP) is 5.84. The van der Waals surface area contributed by atoms with Crippen molar-refractivity contribution in [3.63, 3.8) is 0 Å². The van der Waals surface area contributed by atoms with E-state index >= 15 is 0 Å². The molecular formula is C18H29NSi. The summed E-state index contributed by atoms with van der Waals surface area (Å²) in [7, 11) is -1.55. The molecule has 0 bridgehead atoms. The van der Waals surface area contributed by atoms with E-state index in [0.29, 0.717) is 5.04 Å². The first kappa shape index (κ1) is 15.4. The van der Waals surface area contributed by atoms with E-state index in [9.17, 15) is 0 Å². The third-order valence-corrected chi connectivity index (χ3v) is 10.3. The minimum Gasteiger partial charge on any atom is -0.374 e. The van der Waals surface area contributed by atoms with Crippen LogP contribution in [0.25, 0.3) is 10.9 Å². The number of aryl methyl sites for hydroxylation is 1. The average Bonchev–Trinajstić information content (AvgIpc) is 2.74. The summed E-state index contributed by atoms with van der Waals surface area (Å²) in [4.78, 5) is 0. The molecule has 2 aromatic rings. The van der Waals surface area contributed by atoms with Gasteiger partial charge >= 0.3 is 0 Å². The van der Waals surface area contributed by atoms with Gasteiger partial charge in [0.25, 0.3) is 0 Å². The monoisotopic (exact) mass is 287 g/mol. The number of rotatable bonds is 4. The van der Waals surface area contributed by atoms with Gasteiger partial charge in [-0.3, -0.25) is 0 Å². The Morgan fingerprint density at radius 3 is 2.35 bits per heavy atom. The van der Waals surface area contributed by atoms with Crippen LogP contribution in [-0.4, -0.2) is 12.5 Å². The van der Waals surface area contributed by atoms with Crippen molar-refractivity contribution in [1.82, 2.24) is 4.23 Å². The maximum atomic E-state index is 2.63. The number of hydrogen-bond donors (Lipinski definition) is 0. The highest BCUT2D eigenvalue weighted by atomic mass is 28.3. The molecule has 0 N–H and O–H groups in total. The number of benzene rings is 1. The van der Waals surface area contributed by atoms with Crippen molar-refractivity contribution in [1.29, 1.82) is 0 Å². The van der Waals surface area contributed by atoms with Gasteiger partial charge < -0.3 is 4.23 Å². The zero-order valence-corrected chi connectivity index (χ0v) is 15.0. The lowest BCUT2D eigenvalue weighted by molar-refractivity contribution is 0.702. The summed E-state index contributed by atoms with van der Waals surface area (Å²) >= 11 is 0. The summed E-state index contributed by atoms with van der Waals surface area (Å²) in [5.41, 5.74) is 2.97. The Balaban J connectivity index is 2.60. The van der Waals surface area contributed by atoms with Crippen molar-refractivity contribution in [2.24, 2.45) is 0 Å². The fourth-order valence-corrected chi connectivity index (χ4v) is 4.64. The van der Waals surface area contributed by atoms with Gasteiger partial charge in [-0.05, 0) is 35.7 Å². The van der Waals surface area contributed by atoms with Gasteiger partial charge in [-0.25, -0.2) is 0 Å². The summed E-state index contributed by atoms with van der Waals surface area (Å²) < 4.78 is 2.63. The molecule has 2 heteroatoms. The Morgan fingerprint density at radius 1 is 1.10 bits per heavy atom. The lowest BCUT2D eigenvalue weighted by Gasteiger charge is -2.38. The van der Waals surface area contributed by atoms with Crippen molar-refractivity contribution in [2.45, 2.75) is 65.1 Å². The van der Waals surface area contributed by atoms with Crippen molar-refractivity contribution in [3.8, 4) is 0 Å². The van der Waals surface area contributed by atoms with Gasteiger partial charge in [0.1, 0.15) is 0 Å². The smallest absolute Gasteiger partial charge is 0.161 e. The van der Waals surface area contributed by atoms with Gasteiger partial charge in [0, 0.05) is 10.9 Å². The van der Waals surface area contributed by atoms with Crippen molar-refractivity contribution in [3.05, 3.63) is 36.0 Å². The van der Waals surface area contributed by atoms with Crippen LogP contribution in [0.4, 0.5) is 0 Å². The molecule has 110 valence electrons. The van der Waals surface area contributed by atoms with Crippen molar-refractivity contribution < 1.29 is 0 Å². The molecule has 0 amide bonds. The molecule has 0 atom stereocenters. The Morgan fingerprint density at radius 2 is 1.75 bits per heavy atom. The van der Waals surface area contributed by atoms with Gasteiger partial charge in [-0.15, -0.1) is 0 Å². The first-order valence-corrected chi connectivity index (χ1v) is 10.8. The molecule has 1 heterocycles. The summed E-state index contributed by atoms with van der Waals surface area (Å²) in [6.07, 6.45) is 6.21. The van der Waals surface area contributed by atoms with Gasteiger partial charge in [0.2, 0.25) is 0 Å². The second-order valence-electron chi connectivity index (χ2n) is 7.45. The van der Waals surface area contributed by atoms with Crippen LogP contribution in [0, 0.1) is 0 Å². The minimum atomic E-state index is -1.55. The Labute approximate surface area is 125 Å². The molecule has 0 fully saturated rings. The number of aromatic nitrogens is 1. The third kappa shape index (κ3) is 2.58. The van der Waals surface area contributed by atoms with Crippen LogP contribution in [-0.2, 0) is 6.42 Å². The Kier molecular flexibility index (Phi) is 4.15. The molecule has 2 rings (SSSR count). The van der Waals surface area contributed by atoms with Crippen molar-refractivity contribution in [2.75, 3.05) is 0 Å². The molecule has 0 unspecified atom stereocenters. The number of para-hydroxylation sites is 1. The van der Waals surface area contributed by atoms with E-state index in [1.165, 1.54) is 35.7 Å². The van der Waals surface area contributed by atoms with Crippen LogP contribution in [0.3, 0.4) is 0 Å². The quantitative estimate of drug-likeness (QED) is 0.623. The molecular weight excluding hydrogens is 258 g/mol. The van der Waals surface area contributed by atoms with Crippen LogP contribution in [0.5, 0.6) is 0 Å². The van der Waals surface area contributed by atoms with E-state index in [1.807, 2.05) is 0 Å². The molecule has 0 saturated heterocycles. The standard InChI is InChI=1S/C18H29NSi/c1-7-8-11-15-14-19(20(5,6)18(2,3)4)17-13-10-9-12-16(15)17/h9-10,12-14H,7-8,11H2,1-6H3. The van der Waals surface area contributed by atoms with E-state index in [2.05, 4.69) is 75.5 Å². The first-order valence-electron chi connectivity index (χ1n) is 7.88. The van der Waals surface area contributed by atoms with Crippen LogP contribution in [0.15, 0.2) is 30.5 Å². The predicted molar refractivity (Wildman–Crippen MR) is 93.1 cm³/mol. The SMILES string of the molecule is CCCCc1cn([Si](C)(C)C(C)(C)C)c2ccccc12. The second kappa shape index (κ2) is 5.40. The highest BCUT2D eigenvalue weighted by Crippen LogP contribution is 2.39. The fourth-order valence-electron chi connectivity index (χ4n) is 2.64. The van der Waals surface area contributed by atoms with E-state index in [1.54, 1.807) is 0 Å². The molecule has 1 aromatic heterocycles. The van der Waals surface area contributed by atoms with Gasteiger partial charge in [-0.2, -0.15) is 0 Å². The summed E-state index contributed by atoms with van der Waals surface area (Å²) in [6.45, 7) is 14.4. The molecule has 0 saturated carbocycles. The third-order valence-electron chi connectivity index (χ3n) is 5.03. The Hall–Kier alpha value is -1.02. The lowest BCUT2D eigenvalue weighted by Crippen LogP contribution is -2.44. The minimum absolute atomic E-state index is 0.358.